The third-order valence-electron chi connectivity index (χ3n) is 5.04. The number of amides is 2. The quantitative estimate of drug-likeness (QED) is 0.468. The molecular weight excluding hydrogens is 378 g/mol. The summed E-state index contributed by atoms with van der Waals surface area (Å²) in [5, 5.41) is 6.83. The van der Waals surface area contributed by atoms with Gasteiger partial charge in [0.05, 0.1) is 0 Å². The molecule has 0 bridgehead atoms. The van der Waals surface area contributed by atoms with Gasteiger partial charge >= 0.3 is 6.09 Å². The van der Waals surface area contributed by atoms with Crippen LogP contribution in [0.5, 0.6) is 0 Å². The van der Waals surface area contributed by atoms with Crippen LogP contribution >= 0.6 is 0 Å². The molecule has 0 unspecified atom stereocenters. The maximum absolute atomic E-state index is 12.7. The summed E-state index contributed by atoms with van der Waals surface area (Å²) in [5.74, 6) is -0.181. The first-order valence-corrected chi connectivity index (χ1v) is 10.5. The Labute approximate surface area is 177 Å². The maximum atomic E-state index is 12.7. The van der Waals surface area contributed by atoms with Gasteiger partial charge in [-0.3, -0.25) is 4.79 Å². The Morgan fingerprint density at radius 3 is 2.63 bits per heavy atom. The van der Waals surface area contributed by atoms with Crippen LogP contribution in [-0.4, -0.2) is 29.6 Å². The number of carbonyl (C=O) groups excluding carboxylic acids is 2. The largest absolute Gasteiger partial charge is 0.445 e. The van der Waals surface area contributed by atoms with E-state index in [1.807, 2.05) is 54.7 Å². The predicted molar refractivity (Wildman–Crippen MR) is 118 cm³/mol. The van der Waals surface area contributed by atoms with Gasteiger partial charge in [-0.15, -0.1) is 0 Å². The first-order valence-electron chi connectivity index (χ1n) is 10.5. The Balaban J connectivity index is 1.49. The Hall–Kier alpha value is -3.28. The molecule has 1 heterocycles. The molecule has 3 N–H and O–H groups in total. The van der Waals surface area contributed by atoms with Gasteiger partial charge in [0.25, 0.3) is 0 Å². The van der Waals surface area contributed by atoms with Crippen molar-refractivity contribution < 1.29 is 14.3 Å². The molecule has 0 aliphatic heterocycles. The number of hydrogen-bond donors (Lipinski definition) is 3. The van der Waals surface area contributed by atoms with Gasteiger partial charge in [-0.05, 0) is 30.0 Å². The van der Waals surface area contributed by atoms with E-state index in [2.05, 4.69) is 28.6 Å². The second kappa shape index (κ2) is 11.0. The first kappa shape index (κ1) is 21.4. The van der Waals surface area contributed by atoms with E-state index in [-0.39, 0.29) is 12.5 Å². The number of para-hydroxylation sites is 1. The monoisotopic (exact) mass is 407 g/mol. The molecule has 6 heteroatoms. The zero-order valence-corrected chi connectivity index (χ0v) is 17.3. The van der Waals surface area contributed by atoms with Gasteiger partial charge in [-0.1, -0.05) is 68.3 Å². The van der Waals surface area contributed by atoms with Crippen LogP contribution in [0.2, 0.25) is 0 Å². The van der Waals surface area contributed by atoms with Crippen LogP contribution in [0.3, 0.4) is 0 Å². The normalized spacial score (nSPS) is 11.8. The average molecular weight is 408 g/mol. The lowest BCUT2D eigenvalue weighted by Gasteiger charge is -2.18. The van der Waals surface area contributed by atoms with Crippen molar-refractivity contribution in [3.63, 3.8) is 0 Å². The van der Waals surface area contributed by atoms with Crippen LogP contribution in [0.4, 0.5) is 4.79 Å². The number of unbranched alkanes of at least 4 members (excludes halogenated alkanes) is 1. The fraction of sp³-hybridized carbons (Fsp3) is 0.333. The predicted octanol–water partition coefficient (Wildman–Crippen LogP) is 4.31. The van der Waals surface area contributed by atoms with Crippen LogP contribution in [0.15, 0.2) is 60.8 Å². The minimum Gasteiger partial charge on any atom is -0.445 e. The van der Waals surface area contributed by atoms with E-state index < -0.39 is 12.1 Å². The number of alkyl carbamates (subject to hydrolysis) is 1. The van der Waals surface area contributed by atoms with Crippen LogP contribution in [0.1, 0.15) is 37.3 Å². The van der Waals surface area contributed by atoms with Crippen LogP contribution in [0.25, 0.3) is 10.9 Å². The summed E-state index contributed by atoms with van der Waals surface area (Å²) in [6, 6.07) is 17.0. The van der Waals surface area contributed by atoms with Crippen molar-refractivity contribution in [2.24, 2.45) is 0 Å². The van der Waals surface area contributed by atoms with Crippen molar-refractivity contribution in [2.45, 2.75) is 45.3 Å². The van der Waals surface area contributed by atoms with Gasteiger partial charge in [-0.25, -0.2) is 4.79 Å². The molecule has 6 nitrogen and oxygen atoms in total. The summed E-state index contributed by atoms with van der Waals surface area (Å²) in [6.45, 7) is 2.74. The second-order valence-corrected chi connectivity index (χ2v) is 7.30. The number of aromatic amines is 1. The van der Waals surface area contributed by atoms with Gasteiger partial charge in [0.2, 0.25) is 5.91 Å². The number of carbonyl (C=O) groups is 2. The van der Waals surface area contributed by atoms with Crippen LogP contribution < -0.4 is 10.6 Å². The van der Waals surface area contributed by atoms with Gasteiger partial charge in [0, 0.05) is 23.6 Å². The van der Waals surface area contributed by atoms with E-state index in [0.717, 1.165) is 34.9 Å². The van der Waals surface area contributed by atoms with Crippen molar-refractivity contribution in [1.82, 2.24) is 15.6 Å². The molecule has 3 rings (SSSR count). The fourth-order valence-electron chi connectivity index (χ4n) is 3.37. The summed E-state index contributed by atoms with van der Waals surface area (Å²) < 4.78 is 5.27. The van der Waals surface area contributed by atoms with E-state index in [1.54, 1.807) is 0 Å². The molecule has 0 saturated carbocycles. The molecule has 0 aliphatic carbocycles. The van der Waals surface area contributed by atoms with Crippen LogP contribution in [0, 0.1) is 0 Å². The number of hydrogen-bond acceptors (Lipinski definition) is 3. The van der Waals surface area contributed by atoms with Gasteiger partial charge < -0.3 is 20.4 Å². The third-order valence-corrected chi connectivity index (χ3v) is 5.04. The molecule has 0 spiro atoms. The zero-order chi connectivity index (χ0) is 21.2. The first-order chi connectivity index (χ1) is 14.7. The third kappa shape index (κ3) is 6.11. The molecule has 0 radical (unpaired) electrons. The number of ether oxygens (including phenoxy) is 1. The van der Waals surface area contributed by atoms with Crippen LogP contribution in [-0.2, 0) is 22.6 Å². The lowest BCUT2D eigenvalue weighted by molar-refractivity contribution is -0.123. The van der Waals surface area contributed by atoms with Gasteiger partial charge in [0.1, 0.15) is 12.6 Å². The Bertz CT molecular complexity index is 952. The molecule has 0 aliphatic rings. The minimum absolute atomic E-state index is 0.176. The molecule has 158 valence electrons. The highest BCUT2D eigenvalue weighted by atomic mass is 16.5. The van der Waals surface area contributed by atoms with Gasteiger partial charge in [0.15, 0.2) is 0 Å². The highest BCUT2D eigenvalue weighted by Crippen LogP contribution is 2.17. The Morgan fingerprint density at radius 1 is 1.07 bits per heavy atom. The number of rotatable bonds is 10. The fourth-order valence-corrected chi connectivity index (χ4v) is 3.37. The highest BCUT2D eigenvalue weighted by Gasteiger charge is 2.20. The minimum atomic E-state index is -0.601. The maximum Gasteiger partial charge on any atom is 0.408 e. The molecule has 30 heavy (non-hydrogen) atoms. The molecule has 2 amide bonds. The van der Waals surface area contributed by atoms with Crippen molar-refractivity contribution in [2.75, 3.05) is 6.54 Å². The van der Waals surface area contributed by atoms with Crippen molar-refractivity contribution in [3.8, 4) is 0 Å². The molecule has 2 aromatic carbocycles. The highest BCUT2D eigenvalue weighted by molar-refractivity contribution is 5.86. The van der Waals surface area contributed by atoms with E-state index in [0.29, 0.717) is 19.4 Å². The van der Waals surface area contributed by atoms with E-state index in [1.165, 1.54) is 0 Å². The zero-order valence-electron chi connectivity index (χ0n) is 17.3. The molecule has 3 aromatic rings. The van der Waals surface area contributed by atoms with E-state index in [9.17, 15) is 9.59 Å². The Morgan fingerprint density at radius 2 is 1.83 bits per heavy atom. The number of benzene rings is 2. The summed E-state index contributed by atoms with van der Waals surface area (Å²) in [5.41, 5.74) is 3.15. The van der Waals surface area contributed by atoms with Crippen molar-refractivity contribution in [1.29, 1.82) is 0 Å². The van der Waals surface area contributed by atoms with Crippen molar-refractivity contribution >= 4 is 22.9 Å². The Kier molecular flexibility index (Phi) is 7.89. The lowest BCUT2D eigenvalue weighted by Crippen LogP contribution is -2.47. The summed E-state index contributed by atoms with van der Waals surface area (Å²) >= 11 is 0. The second-order valence-electron chi connectivity index (χ2n) is 7.30. The number of H-pyrrole nitrogens is 1. The molecule has 0 fully saturated rings. The molecule has 0 saturated heterocycles. The summed E-state index contributed by atoms with van der Waals surface area (Å²) in [4.78, 5) is 28.1. The molecular formula is C24H29N3O3. The summed E-state index contributed by atoms with van der Waals surface area (Å²) in [6.07, 6.45) is 4.49. The topological polar surface area (TPSA) is 83.2 Å². The average Bonchev–Trinajstić information content (AvgIpc) is 3.19. The smallest absolute Gasteiger partial charge is 0.408 e. The van der Waals surface area contributed by atoms with Gasteiger partial charge in [-0.2, -0.15) is 0 Å². The number of fused-ring (bicyclic) bond motifs is 1. The van der Waals surface area contributed by atoms with E-state index in [4.69, 9.17) is 4.74 Å². The number of aromatic nitrogens is 1. The molecule has 1 aromatic heterocycles. The van der Waals surface area contributed by atoms with E-state index >= 15 is 0 Å². The number of nitrogens with one attached hydrogen (secondary N) is 3. The summed E-state index contributed by atoms with van der Waals surface area (Å²) in [7, 11) is 0. The molecule has 1 atom stereocenters. The lowest BCUT2D eigenvalue weighted by atomic mass is 10.1. The van der Waals surface area contributed by atoms with Crippen molar-refractivity contribution in [3.05, 3.63) is 71.9 Å². The standard InChI is InChI=1S/C24H29N3O3/c1-2-3-12-22(27-24(29)30-17-18-9-5-4-6-10-18)23(28)25-15-14-19-16-26-21-13-8-7-11-20(19)21/h4-11,13,16,22,26H,2-3,12,14-15,17H2,1H3,(H,25,28)(H,27,29)/t22-/m0/s1. The SMILES string of the molecule is CCCC[C@H](NC(=O)OCc1ccccc1)C(=O)NCCc1c[nH]c2ccccc12.